The van der Waals surface area contributed by atoms with Gasteiger partial charge >= 0.3 is 6.03 Å². The van der Waals surface area contributed by atoms with Crippen LogP contribution in [-0.2, 0) is 0 Å². The van der Waals surface area contributed by atoms with E-state index in [2.05, 4.69) is 15.5 Å². The number of carbonyl (C=O) groups excluding carboxylic acids is 1. The number of halogens is 1. The molecule has 0 spiro atoms. The van der Waals surface area contributed by atoms with Crippen LogP contribution >= 0.6 is 23.8 Å². The molecule has 0 aromatic heterocycles. The predicted molar refractivity (Wildman–Crippen MR) is 111 cm³/mol. The Morgan fingerprint density at radius 3 is 2.31 bits per heavy atom. The van der Waals surface area contributed by atoms with Crippen molar-refractivity contribution < 1.29 is 4.79 Å². The van der Waals surface area contributed by atoms with E-state index in [-0.39, 0.29) is 6.03 Å². The Balaban J connectivity index is 1.52. The average molecular weight is 389 g/mol. The first-order valence-corrected chi connectivity index (χ1v) is 9.25. The summed E-state index contributed by atoms with van der Waals surface area (Å²) in [4.78, 5) is 16.2. The highest BCUT2D eigenvalue weighted by molar-refractivity contribution is 7.80. The molecular weight excluding hydrogens is 368 g/mol. The average Bonchev–Trinajstić information content (AvgIpc) is 2.66. The molecule has 0 bridgehead atoms. The quantitative estimate of drug-likeness (QED) is 0.757. The van der Waals surface area contributed by atoms with Crippen molar-refractivity contribution in [1.29, 1.82) is 0 Å². The Hall–Kier alpha value is -2.31. The second-order valence-corrected chi connectivity index (χ2v) is 6.91. The maximum Gasteiger partial charge on any atom is 0.321 e. The first kappa shape index (κ1) is 18.5. The highest BCUT2D eigenvalue weighted by atomic mass is 35.5. The lowest BCUT2D eigenvalue weighted by Gasteiger charge is -2.36. The number of anilines is 2. The molecule has 0 aliphatic carbocycles. The Bertz CT molecular complexity index is 791. The lowest BCUT2D eigenvalue weighted by molar-refractivity contribution is 0.182. The van der Waals surface area contributed by atoms with Gasteiger partial charge < -0.3 is 20.4 Å². The summed E-state index contributed by atoms with van der Waals surface area (Å²) in [5.41, 5.74) is 2.68. The monoisotopic (exact) mass is 388 g/mol. The second kappa shape index (κ2) is 8.38. The molecule has 2 aromatic rings. The van der Waals surface area contributed by atoms with Crippen LogP contribution in [0.15, 0.2) is 48.5 Å². The van der Waals surface area contributed by atoms with Gasteiger partial charge in [-0.3, -0.25) is 0 Å². The molecule has 1 aliphatic heterocycles. The van der Waals surface area contributed by atoms with Gasteiger partial charge in [0.15, 0.2) is 5.11 Å². The number of para-hydroxylation sites is 1. The molecule has 7 heteroatoms. The Kier molecular flexibility index (Phi) is 5.96. The largest absolute Gasteiger partial charge is 0.345 e. The summed E-state index contributed by atoms with van der Waals surface area (Å²) in [5.74, 6) is 0. The Morgan fingerprint density at radius 1 is 0.962 bits per heavy atom. The first-order valence-electron chi connectivity index (χ1n) is 8.46. The van der Waals surface area contributed by atoms with Crippen molar-refractivity contribution in [2.45, 2.75) is 6.92 Å². The van der Waals surface area contributed by atoms with E-state index in [1.54, 1.807) is 4.90 Å². The number of benzene rings is 2. The molecule has 2 aromatic carbocycles. The molecule has 0 saturated carbocycles. The summed E-state index contributed by atoms with van der Waals surface area (Å²) in [6.07, 6.45) is 0. The summed E-state index contributed by atoms with van der Waals surface area (Å²) >= 11 is 11.7. The summed E-state index contributed by atoms with van der Waals surface area (Å²) in [6, 6.07) is 15.1. The van der Waals surface area contributed by atoms with E-state index < -0.39 is 0 Å². The number of hydrogen-bond donors (Lipinski definition) is 2. The van der Waals surface area contributed by atoms with E-state index in [1.807, 2.05) is 55.5 Å². The molecular formula is C19H21ClN4OS. The minimum atomic E-state index is -0.0830. The van der Waals surface area contributed by atoms with Gasteiger partial charge in [0.25, 0.3) is 0 Å². The second-order valence-electron chi connectivity index (χ2n) is 6.11. The van der Waals surface area contributed by atoms with Crippen LogP contribution in [0.1, 0.15) is 5.56 Å². The lowest BCUT2D eigenvalue weighted by atomic mass is 10.2. The molecule has 1 heterocycles. The van der Waals surface area contributed by atoms with E-state index in [4.69, 9.17) is 23.8 Å². The van der Waals surface area contributed by atoms with Gasteiger partial charge in [0, 0.05) is 42.6 Å². The van der Waals surface area contributed by atoms with Crippen LogP contribution < -0.4 is 10.6 Å². The molecule has 0 atom stereocenters. The van der Waals surface area contributed by atoms with Crippen molar-refractivity contribution in [2.75, 3.05) is 36.8 Å². The molecule has 136 valence electrons. The predicted octanol–water partition coefficient (Wildman–Crippen LogP) is 4.19. The topological polar surface area (TPSA) is 47.6 Å². The van der Waals surface area contributed by atoms with Gasteiger partial charge in [0.2, 0.25) is 0 Å². The number of carbonyl (C=O) groups is 1. The van der Waals surface area contributed by atoms with Crippen molar-refractivity contribution >= 4 is 46.3 Å². The van der Waals surface area contributed by atoms with Crippen LogP contribution in [0.5, 0.6) is 0 Å². The zero-order valence-corrected chi connectivity index (χ0v) is 16.1. The summed E-state index contributed by atoms with van der Waals surface area (Å²) in [6.45, 7) is 4.57. The van der Waals surface area contributed by atoms with Gasteiger partial charge in [0.1, 0.15) is 0 Å². The fraction of sp³-hybridized carbons (Fsp3) is 0.263. The van der Waals surface area contributed by atoms with Crippen molar-refractivity contribution in [1.82, 2.24) is 9.80 Å². The number of amides is 2. The zero-order chi connectivity index (χ0) is 18.5. The van der Waals surface area contributed by atoms with Crippen molar-refractivity contribution in [3.63, 3.8) is 0 Å². The fourth-order valence-electron chi connectivity index (χ4n) is 2.77. The van der Waals surface area contributed by atoms with Gasteiger partial charge in [-0.25, -0.2) is 4.79 Å². The smallest absolute Gasteiger partial charge is 0.321 e. The normalized spacial score (nSPS) is 14.1. The molecule has 5 nitrogen and oxygen atoms in total. The maximum atomic E-state index is 12.4. The number of rotatable bonds is 2. The van der Waals surface area contributed by atoms with Gasteiger partial charge in [-0.2, -0.15) is 0 Å². The lowest BCUT2D eigenvalue weighted by Crippen LogP contribution is -2.52. The van der Waals surface area contributed by atoms with Crippen LogP contribution in [0, 0.1) is 6.92 Å². The highest BCUT2D eigenvalue weighted by Crippen LogP contribution is 2.23. The number of thiocarbonyl (C=S) groups is 1. The molecule has 1 fully saturated rings. The van der Waals surface area contributed by atoms with Crippen LogP contribution in [0.25, 0.3) is 0 Å². The molecule has 0 radical (unpaired) electrons. The third-order valence-corrected chi connectivity index (χ3v) is 5.16. The number of piperazine rings is 1. The van der Waals surface area contributed by atoms with Gasteiger partial charge in [0.05, 0.1) is 0 Å². The summed E-state index contributed by atoms with van der Waals surface area (Å²) in [7, 11) is 0. The van der Waals surface area contributed by atoms with Gasteiger partial charge in [-0.05, 0) is 49.0 Å². The first-order chi connectivity index (χ1) is 12.5. The summed E-state index contributed by atoms with van der Waals surface area (Å²) in [5, 5.41) is 7.53. The number of nitrogens with zero attached hydrogens (tertiary/aromatic N) is 2. The Morgan fingerprint density at radius 2 is 1.62 bits per heavy atom. The third-order valence-electron chi connectivity index (χ3n) is 4.39. The zero-order valence-electron chi connectivity index (χ0n) is 14.5. The molecule has 2 amide bonds. The highest BCUT2D eigenvalue weighted by Gasteiger charge is 2.22. The maximum absolute atomic E-state index is 12.4. The van der Waals surface area contributed by atoms with Crippen LogP contribution in [0.3, 0.4) is 0 Å². The molecule has 0 unspecified atom stereocenters. The van der Waals surface area contributed by atoms with Crippen molar-refractivity contribution in [3.05, 3.63) is 59.1 Å². The summed E-state index contributed by atoms with van der Waals surface area (Å²) < 4.78 is 0. The Labute approximate surface area is 163 Å². The third kappa shape index (κ3) is 4.45. The number of urea groups is 1. The molecule has 3 rings (SSSR count). The van der Waals surface area contributed by atoms with Crippen molar-refractivity contribution in [2.24, 2.45) is 0 Å². The van der Waals surface area contributed by atoms with E-state index in [0.717, 1.165) is 16.9 Å². The molecule has 1 aliphatic rings. The van der Waals surface area contributed by atoms with E-state index >= 15 is 0 Å². The molecule has 1 saturated heterocycles. The number of nitrogens with one attached hydrogen (secondary N) is 2. The van der Waals surface area contributed by atoms with Crippen molar-refractivity contribution in [3.8, 4) is 0 Å². The van der Waals surface area contributed by atoms with Crippen LogP contribution in [0.4, 0.5) is 16.2 Å². The number of hydrogen-bond acceptors (Lipinski definition) is 2. The van der Waals surface area contributed by atoms with E-state index in [9.17, 15) is 4.79 Å². The van der Waals surface area contributed by atoms with Crippen LogP contribution in [-0.4, -0.2) is 47.1 Å². The molecule has 26 heavy (non-hydrogen) atoms. The van der Waals surface area contributed by atoms with E-state index in [0.29, 0.717) is 36.3 Å². The standard InChI is InChI=1S/C19H21ClN4OS/c1-14-16(20)8-5-9-17(14)22-19(26)24-12-10-23(11-13-24)18(25)21-15-6-3-2-4-7-15/h2-9H,10-13H2,1H3,(H,21,25)(H,22,26). The van der Waals surface area contributed by atoms with E-state index in [1.165, 1.54) is 0 Å². The molecule has 2 N–H and O–H groups in total. The fourth-order valence-corrected chi connectivity index (χ4v) is 3.24. The minimum Gasteiger partial charge on any atom is -0.345 e. The minimum absolute atomic E-state index is 0.0830. The van der Waals surface area contributed by atoms with Gasteiger partial charge in [-0.1, -0.05) is 35.9 Å². The van der Waals surface area contributed by atoms with Gasteiger partial charge in [-0.15, -0.1) is 0 Å². The van der Waals surface area contributed by atoms with Crippen LogP contribution in [0.2, 0.25) is 5.02 Å². The SMILES string of the molecule is Cc1c(Cl)cccc1NC(=S)N1CCN(C(=O)Nc2ccccc2)CC1.